The predicted octanol–water partition coefficient (Wildman–Crippen LogP) is 1.66. The number of carbonyl (C=O) groups excluding carboxylic acids is 2. The number of benzene rings is 3. The van der Waals surface area contributed by atoms with E-state index in [1.165, 1.54) is 42.5 Å². The molecule has 13 heteroatoms. The van der Waals surface area contributed by atoms with Gasteiger partial charge in [0.15, 0.2) is 17.3 Å². The fourth-order valence-electron chi connectivity index (χ4n) is 4.66. The Balaban J connectivity index is 1.26. The van der Waals surface area contributed by atoms with Gasteiger partial charge in [-0.2, -0.15) is 0 Å². The smallest absolute Gasteiger partial charge is 0.330 e. The molecule has 226 valence electrons. The first-order valence-electron chi connectivity index (χ1n) is 13.1. The van der Waals surface area contributed by atoms with Gasteiger partial charge in [-0.1, -0.05) is 18.2 Å². The minimum Gasteiger partial charge on any atom is -0.508 e. The van der Waals surface area contributed by atoms with Crippen LogP contribution in [-0.2, 0) is 14.3 Å². The lowest BCUT2D eigenvalue weighted by atomic mass is 9.95. The number of fused-ring (bicyclic) bond motifs is 1. The summed E-state index contributed by atoms with van der Waals surface area (Å²) >= 11 is 0. The van der Waals surface area contributed by atoms with Crippen molar-refractivity contribution in [3.05, 3.63) is 77.4 Å². The molecule has 1 saturated heterocycles. The van der Waals surface area contributed by atoms with Crippen molar-refractivity contribution < 1.29 is 64.3 Å². The van der Waals surface area contributed by atoms with Gasteiger partial charge in [-0.05, 0) is 41.5 Å². The molecule has 0 aromatic heterocycles. The van der Waals surface area contributed by atoms with Gasteiger partial charge in [-0.15, -0.1) is 0 Å². The molecule has 0 radical (unpaired) electrons. The van der Waals surface area contributed by atoms with Gasteiger partial charge in [0, 0.05) is 18.2 Å². The topological polar surface area (TPSA) is 213 Å². The molecule has 3 aromatic carbocycles. The fraction of sp³-hybridized carbons (Fsp3) is 0.267. The van der Waals surface area contributed by atoms with Gasteiger partial charge >= 0.3 is 5.97 Å². The van der Waals surface area contributed by atoms with Crippen LogP contribution in [0.1, 0.15) is 34.0 Å². The Morgan fingerprint density at radius 3 is 2.35 bits per heavy atom. The first-order valence-corrected chi connectivity index (χ1v) is 13.1. The van der Waals surface area contributed by atoms with Gasteiger partial charge in [-0.3, -0.25) is 4.79 Å². The number of phenols is 4. The third-order valence-corrected chi connectivity index (χ3v) is 6.96. The molecule has 13 nitrogen and oxygen atoms in total. The van der Waals surface area contributed by atoms with Crippen LogP contribution in [0.5, 0.6) is 34.5 Å². The largest absolute Gasteiger partial charge is 0.508 e. The first-order chi connectivity index (χ1) is 20.5. The monoisotopic (exact) mass is 596 g/mol. The molecule has 0 spiro atoms. The third-order valence-electron chi connectivity index (χ3n) is 6.96. The average molecular weight is 597 g/mol. The van der Waals surface area contributed by atoms with Crippen LogP contribution in [-0.4, -0.2) is 84.8 Å². The Morgan fingerprint density at radius 2 is 1.63 bits per heavy atom. The van der Waals surface area contributed by atoms with Crippen molar-refractivity contribution in [2.45, 2.75) is 43.2 Å². The molecule has 0 aliphatic carbocycles. The maximum Gasteiger partial charge on any atom is 0.330 e. The van der Waals surface area contributed by atoms with Crippen LogP contribution in [0.3, 0.4) is 0 Å². The molecule has 6 atom stereocenters. The van der Waals surface area contributed by atoms with Crippen LogP contribution >= 0.6 is 0 Å². The molecular weight excluding hydrogens is 568 g/mol. The highest BCUT2D eigenvalue weighted by atomic mass is 16.7. The zero-order valence-electron chi connectivity index (χ0n) is 22.3. The number of rotatable bonds is 7. The van der Waals surface area contributed by atoms with Crippen LogP contribution in [0.15, 0.2) is 60.7 Å². The van der Waals surface area contributed by atoms with Crippen LogP contribution in [0.4, 0.5) is 0 Å². The van der Waals surface area contributed by atoms with Crippen LogP contribution in [0.2, 0.25) is 0 Å². The summed E-state index contributed by atoms with van der Waals surface area (Å²) in [6.45, 7) is -0.545. The Kier molecular flexibility index (Phi) is 8.41. The second kappa shape index (κ2) is 12.2. The van der Waals surface area contributed by atoms with E-state index in [-0.39, 0.29) is 40.7 Å². The number of carbonyl (C=O) groups is 2. The van der Waals surface area contributed by atoms with E-state index < -0.39 is 60.9 Å². The second-order valence-corrected chi connectivity index (χ2v) is 9.98. The first kappa shape index (κ1) is 29.7. The van der Waals surface area contributed by atoms with Crippen LogP contribution in [0, 0.1) is 0 Å². The Hall–Kier alpha value is -4.82. The molecular formula is C30H28O13. The van der Waals surface area contributed by atoms with Crippen molar-refractivity contribution in [1.29, 1.82) is 0 Å². The Bertz CT molecular complexity index is 1530. The molecule has 7 N–H and O–H groups in total. The van der Waals surface area contributed by atoms with Crippen LogP contribution < -0.4 is 9.47 Å². The third kappa shape index (κ3) is 6.49. The summed E-state index contributed by atoms with van der Waals surface area (Å²) in [6.07, 6.45) is -6.54. The maximum atomic E-state index is 12.8. The summed E-state index contributed by atoms with van der Waals surface area (Å²) in [6, 6.07) is 12.4. The number of ether oxygens (including phenoxy) is 4. The molecule has 0 saturated carbocycles. The number of esters is 1. The van der Waals surface area contributed by atoms with Gasteiger partial charge in [0.1, 0.15) is 65.7 Å². The summed E-state index contributed by atoms with van der Waals surface area (Å²) in [4.78, 5) is 25.0. The zero-order valence-corrected chi connectivity index (χ0v) is 22.3. The highest BCUT2D eigenvalue weighted by Gasteiger charge is 2.45. The highest BCUT2D eigenvalue weighted by Crippen LogP contribution is 2.42. The summed E-state index contributed by atoms with van der Waals surface area (Å²) in [7, 11) is 0. The molecule has 2 heterocycles. The van der Waals surface area contributed by atoms with E-state index >= 15 is 0 Å². The van der Waals surface area contributed by atoms with Gasteiger partial charge in [-0.25, -0.2) is 4.79 Å². The molecule has 0 unspecified atom stereocenters. The minimum atomic E-state index is -1.76. The van der Waals surface area contributed by atoms with E-state index in [1.807, 2.05) is 0 Å². The van der Waals surface area contributed by atoms with Crippen molar-refractivity contribution in [3.8, 4) is 34.5 Å². The number of ketones is 1. The van der Waals surface area contributed by atoms with E-state index in [0.29, 0.717) is 11.1 Å². The molecule has 2 aliphatic rings. The predicted molar refractivity (Wildman–Crippen MR) is 146 cm³/mol. The summed E-state index contributed by atoms with van der Waals surface area (Å²) < 4.78 is 22.3. The molecule has 5 rings (SSSR count). The molecule has 1 fully saturated rings. The van der Waals surface area contributed by atoms with E-state index in [0.717, 1.165) is 12.1 Å². The molecule has 3 aromatic rings. The normalized spacial score (nSPS) is 25.1. The van der Waals surface area contributed by atoms with Crippen molar-refractivity contribution >= 4 is 17.8 Å². The Labute approximate surface area is 244 Å². The van der Waals surface area contributed by atoms with E-state index in [2.05, 4.69) is 0 Å². The zero-order chi connectivity index (χ0) is 30.8. The van der Waals surface area contributed by atoms with Crippen molar-refractivity contribution in [3.63, 3.8) is 0 Å². The summed E-state index contributed by atoms with van der Waals surface area (Å²) in [5, 5.41) is 70.3. The average Bonchev–Trinajstić information content (AvgIpc) is 2.97. The minimum absolute atomic E-state index is 0.00516. The molecule has 0 bridgehead atoms. The SMILES string of the molecule is O=C(C=Cc1ccc(O)c(O)c1)OC[C@H]1O[C@@H](Oc2cc(O)c3c(c2)O[C@H](c2ccc(O)cc2)CC3=O)[C@H](O)[C@@H](O)[C@@H]1O. The summed E-state index contributed by atoms with van der Waals surface area (Å²) in [5.74, 6) is -2.47. The number of aliphatic hydroxyl groups is 3. The molecule has 2 aliphatic heterocycles. The lowest BCUT2D eigenvalue weighted by Gasteiger charge is -2.40. The molecule has 43 heavy (non-hydrogen) atoms. The van der Waals surface area contributed by atoms with Crippen LogP contribution in [0.25, 0.3) is 6.08 Å². The molecule has 0 amide bonds. The van der Waals surface area contributed by atoms with E-state index in [9.17, 15) is 45.3 Å². The van der Waals surface area contributed by atoms with Gasteiger partial charge in [0.2, 0.25) is 6.29 Å². The lowest BCUT2D eigenvalue weighted by Crippen LogP contribution is -2.60. The quantitative estimate of drug-likeness (QED) is 0.118. The summed E-state index contributed by atoms with van der Waals surface area (Å²) in [5.41, 5.74) is 0.934. The number of aromatic hydroxyl groups is 4. The fourth-order valence-corrected chi connectivity index (χ4v) is 4.66. The number of hydrogen-bond acceptors (Lipinski definition) is 13. The number of phenolic OH excluding ortho intramolecular Hbond substituents is 4. The number of Topliss-reactive ketones (excluding diaryl/α,β-unsaturated/α-hetero) is 1. The van der Waals surface area contributed by atoms with E-state index in [1.54, 1.807) is 12.1 Å². The number of hydrogen-bond donors (Lipinski definition) is 7. The maximum absolute atomic E-state index is 12.8. The van der Waals surface area contributed by atoms with Crippen molar-refractivity contribution in [2.24, 2.45) is 0 Å². The Morgan fingerprint density at radius 1 is 0.884 bits per heavy atom. The van der Waals surface area contributed by atoms with Gasteiger partial charge in [0.05, 0.1) is 6.42 Å². The standard InChI is InChI=1S/C30H28O13/c31-16-5-3-15(4-6-16)22-12-21(35)26-20(34)10-17(11-23(26)42-22)41-30-29(39)28(38)27(37)24(43-30)13-40-25(36)8-2-14-1-7-18(32)19(33)9-14/h1-11,22,24,27-34,37-39H,12-13H2/t22-,24+,27+,28-,29+,30+/m0/s1. The van der Waals surface area contributed by atoms with Crippen molar-refractivity contribution in [2.75, 3.05) is 6.61 Å². The second-order valence-electron chi connectivity index (χ2n) is 9.98. The lowest BCUT2D eigenvalue weighted by molar-refractivity contribution is -0.278. The highest BCUT2D eigenvalue weighted by molar-refractivity contribution is 6.02. The van der Waals surface area contributed by atoms with Gasteiger partial charge < -0.3 is 54.7 Å². The van der Waals surface area contributed by atoms with E-state index in [4.69, 9.17) is 18.9 Å². The van der Waals surface area contributed by atoms with Gasteiger partial charge in [0.25, 0.3) is 0 Å². The number of aliphatic hydroxyl groups excluding tert-OH is 3. The van der Waals surface area contributed by atoms with Crippen molar-refractivity contribution in [1.82, 2.24) is 0 Å².